The molecule has 1 unspecified atom stereocenters. The number of piperazine rings is 1. The van der Waals surface area contributed by atoms with Gasteiger partial charge in [0.1, 0.15) is 5.71 Å². The molecule has 0 aromatic carbocycles. The van der Waals surface area contributed by atoms with Crippen LogP contribution in [0.4, 0.5) is 0 Å². The minimum absolute atomic E-state index is 0.0163. The second-order valence-electron chi connectivity index (χ2n) is 6.16. The monoisotopic (exact) mass is 391 g/mol. The standard InChI is InChI=1S/C17H25N7O2S/c1-4-5-15-16(18-3)14(6-8-24(15)12(2)25)21-22-17(27)23-9-7-19-13(11-23)10-20-26/h4-5,13,19H,1,6-11H2,2-3H3,(H,22,27)/b15-5+,18-16-,21-14-. The Hall–Kier alpha value is -2.46. The molecular weight excluding hydrogens is 366 g/mol. The maximum absolute atomic E-state index is 11.9. The maximum Gasteiger partial charge on any atom is 0.223 e. The summed E-state index contributed by atoms with van der Waals surface area (Å²) in [6.07, 6.45) is 3.94. The molecule has 2 aliphatic heterocycles. The van der Waals surface area contributed by atoms with E-state index in [-0.39, 0.29) is 18.5 Å². The summed E-state index contributed by atoms with van der Waals surface area (Å²) in [5.74, 6) is -0.0533. The van der Waals surface area contributed by atoms with Gasteiger partial charge >= 0.3 is 0 Å². The van der Waals surface area contributed by atoms with Crippen LogP contribution < -0.4 is 10.7 Å². The Bertz CT molecular complexity index is 701. The highest BCUT2D eigenvalue weighted by molar-refractivity contribution is 7.80. The maximum atomic E-state index is 11.9. The fourth-order valence-electron chi connectivity index (χ4n) is 3.10. The summed E-state index contributed by atoms with van der Waals surface area (Å²) in [6.45, 7) is 7.99. The third-order valence-electron chi connectivity index (χ3n) is 4.38. The molecule has 1 atom stereocenters. The van der Waals surface area contributed by atoms with Crippen molar-refractivity contribution in [1.82, 2.24) is 20.5 Å². The number of hydrogen-bond acceptors (Lipinski definition) is 7. The summed E-state index contributed by atoms with van der Waals surface area (Å²) < 4.78 is 0. The fourth-order valence-corrected chi connectivity index (χ4v) is 3.31. The number of hydrazone groups is 1. The first-order chi connectivity index (χ1) is 13.0. The lowest BCUT2D eigenvalue weighted by molar-refractivity contribution is -0.126. The highest BCUT2D eigenvalue weighted by atomic mass is 32.1. The van der Waals surface area contributed by atoms with E-state index in [1.54, 1.807) is 24.1 Å². The van der Waals surface area contributed by atoms with Gasteiger partial charge in [-0.25, -0.2) is 0 Å². The van der Waals surface area contributed by atoms with E-state index < -0.39 is 0 Å². The largest absolute Gasteiger partial charge is 0.345 e. The number of allylic oxidation sites excluding steroid dienone is 3. The molecule has 2 N–H and O–H groups in total. The molecule has 2 fully saturated rings. The van der Waals surface area contributed by atoms with Crippen LogP contribution >= 0.6 is 12.2 Å². The van der Waals surface area contributed by atoms with E-state index >= 15 is 0 Å². The van der Waals surface area contributed by atoms with Crippen LogP contribution in [0.3, 0.4) is 0 Å². The normalized spacial score (nSPS) is 25.0. The number of carbonyl (C=O) groups excluding carboxylic acids is 1. The molecule has 10 heteroatoms. The first-order valence-electron chi connectivity index (χ1n) is 8.74. The Morgan fingerprint density at radius 1 is 1.48 bits per heavy atom. The third-order valence-corrected chi connectivity index (χ3v) is 4.73. The lowest BCUT2D eigenvalue weighted by Gasteiger charge is -2.34. The van der Waals surface area contributed by atoms with Crippen molar-refractivity contribution in [3.8, 4) is 0 Å². The molecule has 0 aromatic heterocycles. The van der Waals surface area contributed by atoms with E-state index in [0.29, 0.717) is 36.0 Å². The Labute approximate surface area is 164 Å². The summed E-state index contributed by atoms with van der Waals surface area (Å²) in [7, 11) is 1.66. The van der Waals surface area contributed by atoms with E-state index in [1.165, 1.54) is 6.92 Å². The third kappa shape index (κ3) is 5.27. The van der Waals surface area contributed by atoms with E-state index in [2.05, 4.69) is 32.6 Å². The number of carbonyl (C=O) groups is 1. The van der Waals surface area contributed by atoms with Gasteiger partial charge in [-0.15, -0.1) is 0 Å². The van der Waals surface area contributed by atoms with Crippen molar-refractivity contribution < 1.29 is 4.79 Å². The van der Waals surface area contributed by atoms with Gasteiger partial charge in [-0.1, -0.05) is 17.8 Å². The summed E-state index contributed by atoms with van der Waals surface area (Å²) >= 11 is 5.44. The molecule has 9 nitrogen and oxygen atoms in total. The molecule has 0 aromatic rings. The number of likely N-dealkylation sites (tertiary alicyclic amines) is 1. The number of aliphatic imine (C=N–C) groups is 1. The van der Waals surface area contributed by atoms with Crippen molar-refractivity contribution in [1.29, 1.82) is 0 Å². The molecule has 0 spiro atoms. The molecule has 0 bridgehead atoms. The average Bonchev–Trinajstić information content (AvgIpc) is 2.66. The van der Waals surface area contributed by atoms with E-state index in [0.717, 1.165) is 18.8 Å². The Morgan fingerprint density at radius 3 is 2.89 bits per heavy atom. The van der Waals surface area contributed by atoms with Crippen molar-refractivity contribution in [2.75, 3.05) is 39.8 Å². The average molecular weight is 392 g/mol. The van der Waals surface area contributed by atoms with Gasteiger partial charge in [-0.2, -0.15) is 10.0 Å². The number of hydrogen-bond donors (Lipinski definition) is 2. The summed E-state index contributed by atoms with van der Waals surface area (Å²) in [4.78, 5) is 30.3. The Kier molecular flexibility index (Phi) is 7.74. The molecular formula is C17H25N7O2S. The predicted octanol–water partition coefficient (Wildman–Crippen LogP) is 0.650. The predicted molar refractivity (Wildman–Crippen MR) is 111 cm³/mol. The molecule has 2 heterocycles. The van der Waals surface area contributed by atoms with E-state index in [4.69, 9.17) is 12.2 Å². The first kappa shape index (κ1) is 20.8. The zero-order valence-corrected chi connectivity index (χ0v) is 16.5. The highest BCUT2D eigenvalue weighted by Gasteiger charge is 2.28. The van der Waals surface area contributed by atoms with Crippen molar-refractivity contribution in [3.05, 3.63) is 29.3 Å². The van der Waals surface area contributed by atoms with Crippen LogP contribution in [-0.2, 0) is 4.79 Å². The van der Waals surface area contributed by atoms with Crippen LogP contribution in [0.2, 0.25) is 0 Å². The lowest BCUT2D eigenvalue weighted by atomic mass is 10.0. The molecule has 1 amide bonds. The second kappa shape index (κ2) is 10.0. The number of rotatable bonds is 4. The molecule has 27 heavy (non-hydrogen) atoms. The van der Waals surface area contributed by atoms with Gasteiger partial charge < -0.3 is 15.1 Å². The zero-order valence-electron chi connectivity index (χ0n) is 15.6. The van der Waals surface area contributed by atoms with Crippen LogP contribution in [0.25, 0.3) is 0 Å². The van der Waals surface area contributed by atoms with Crippen LogP contribution in [0, 0.1) is 4.91 Å². The smallest absolute Gasteiger partial charge is 0.223 e. The molecule has 0 radical (unpaired) electrons. The minimum Gasteiger partial charge on any atom is -0.345 e. The van der Waals surface area contributed by atoms with Gasteiger partial charge in [0.25, 0.3) is 0 Å². The topological polar surface area (TPSA) is 102 Å². The number of piperidine rings is 1. The first-order valence-corrected chi connectivity index (χ1v) is 9.15. The number of nitrogens with zero attached hydrogens (tertiary/aromatic N) is 5. The van der Waals surface area contributed by atoms with E-state index in [1.807, 2.05) is 4.90 Å². The second-order valence-corrected chi connectivity index (χ2v) is 6.55. The molecule has 2 aliphatic rings. The summed E-state index contributed by atoms with van der Waals surface area (Å²) in [5.41, 5.74) is 4.97. The molecule has 2 rings (SSSR count). The van der Waals surface area contributed by atoms with Gasteiger partial charge in [-0.05, 0) is 18.3 Å². The van der Waals surface area contributed by atoms with Crippen molar-refractivity contribution >= 4 is 34.7 Å². The van der Waals surface area contributed by atoms with Crippen molar-refractivity contribution in [2.24, 2.45) is 15.3 Å². The fraction of sp³-hybridized carbons (Fsp3) is 0.529. The van der Waals surface area contributed by atoms with Gasteiger partial charge in [0, 0.05) is 52.6 Å². The number of nitrogens with one attached hydrogen (secondary N) is 2. The van der Waals surface area contributed by atoms with Gasteiger partial charge in [0.05, 0.1) is 18.0 Å². The van der Waals surface area contributed by atoms with Crippen molar-refractivity contribution in [2.45, 2.75) is 19.4 Å². The minimum atomic E-state index is -0.0533. The SMILES string of the molecule is C=C\C=C1C(=N\C)/C(=N\NC(=S)N2CCNC(CN=O)C2)CCN/1C(C)=O. The summed E-state index contributed by atoms with van der Waals surface area (Å²) in [5, 5.41) is 11.1. The van der Waals surface area contributed by atoms with Gasteiger partial charge in [0.15, 0.2) is 5.11 Å². The number of nitroso groups, excluding NO2 is 1. The van der Waals surface area contributed by atoms with Crippen molar-refractivity contribution in [3.63, 3.8) is 0 Å². The van der Waals surface area contributed by atoms with Crippen LogP contribution in [0.5, 0.6) is 0 Å². The Morgan fingerprint density at radius 2 is 2.26 bits per heavy atom. The highest BCUT2D eigenvalue weighted by Crippen LogP contribution is 2.17. The molecule has 2 saturated heterocycles. The zero-order chi connectivity index (χ0) is 19.8. The van der Waals surface area contributed by atoms with Gasteiger partial charge in [0.2, 0.25) is 5.91 Å². The number of thiocarbonyl (C=S) groups is 1. The van der Waals surface area contributed by atoms with Crippen LogP contribution in [0.15, 0.2) is 39.7 Å². The summed E-state index contributed by atoms with van der Waals surface area (Å²) in [6, 6.07) is -0.0163. The lowest BCUT2D eigenvalue weighted by Crippen LogP contribution is -2.55. The van der Waals surface area contributed by atoms with Crippen LogP contribution in [-0.4, -0.2) is 78.1 Å². The number of amides is 1. The quantitative estimate of drug-likeness (QED) is 0.415. The molecule has 146 valence electrons. The Balaban J connectivity index is 2.10. The van der Waals surface area contributed by atoms with E-state index in [9.17, 15) is 9.70 Å². The van der Waals surface area contributed by atoms with Crippen LogP contribution in [0.1, 0.15) is 13.3 Å². The molecule has 0 saturated carbocycles. The molecule has 0 aliphatic carbocycles. The van der Waals surface area contributed by atoms with Gasteiger partial charge in [-0.3, -0.25) is 15.2 Å².